The summed E-state index contributed by atoms with van der Waals surface area (Å²) in [6, 6.07) is 23.0. The third-order valence-electron chi connectivity index (χ3n) is 5.58. The third-order valence-corrected chi connectivity index (χ3v) is 6.07. The molecule has 9 heteroatoms. The molecule has 0 fully saturated rings. The van der Waals surface area contributed by atoms with Crippen LogP contribution >= 0.6 is 0 Å². The van der Waals surface area contributed by atoms with Crippen molar-refractivity contribution in [3.05, 3.63) is 102 Å². The van der Waals surface area contributed by atoms with Gasteiger partial charge in [0, 0.05) is 30.8 Å². The summed E-state index contributed by atoms with van der Waals surface area (Å²) in [6.45, 7) is 4.54. The lowest BCUT2D eigenvalue weighted by Crippen LogP contribution is -2.31. The largest absolute Gasteiger partial charge is 0.464 e. The van der Waals surface area contributed by atoms with Crippen LogP contribution in [0.2, 0.25) is 0 Å². The topological polar surface area (TPSA) is 99.2 Å². The molecule has 8 nitrogen and oxygen atoms in total. The first-order chi connectivity index (χ1) is 18.7. The molecule has 1 atom stereocenters. The highest BCUT2D eigenvalue weighted by molar-refractivity contribution is 7.86. The molecule has 0 spiro atoms. The lowest BCUT2D eigenvalue weighted by Gasteiger charge is -2.22. The minimum atomic E-state index is -3.60. The van der Waals surface area contributed by atoms with Gasteiger partial charge in [-0.1, -0.05) is 54.6 Å². The van der Waals surface area contributed by atoms with Crippen LogP contribution in [0.15, 0.2) is 84.9 Å². The number of benzene rings is 3. The summed E-state index contributed by atoms with van der Waals surface area (Å²) in [6.07, 6.45) is 4.35. The monoisotopic (exact) mass is 551 g/mol. The SMILES string of the molecule is CCOC(=O)C(Cc1ccc(N(C/C=C/c2ccc(OS(C)(=O)=O)cc2)C(=O)c2ccccc2)cc1)OCC. The first kappa shape index (κ1) is 29.6. The predicted molar refractivity (Wildman–Crippen MR) is 151 cm³/mol. The van der Waals surface area contributed by atoms with Crippen LogP contribution in [-0.4, -0.2) is 52.4 Å². The second kappa shape index (κ2) is 14.3. The third kappa shape index (κ3) is 9.38. The van der Waals surface area contributed by atoms with Crippen LogP contribution < -0.4 is 9.08 Å². The minimum absolute atomic E-state index is 0.163. The van der Waals surface area contributed by atoms with Gasteiger partial charge >= 0.3 is 16.1 Å². The fraction of sp³-hybridized carbons (Fsp3) is 0.267. The second-order valence-corrected chi connectivity index (χ2v) is 10.2. The highest BCUT2D eigenvalue weighted by atomic mass is 32.2. The zero-order valence-electron chi connectivity index (χ0n) is 22.3. The van der Waals surface area contributed by atoms with E-state index < -0.39 is 22.2 Å². The molecule has 206 valence electrons. The fourth-order valence-corrected chi connectivity index (χ4v) is 4.28. The molecule has 0 saturated heterocycles. The van der Waals surface area contributed by atoms with Crippen molar-refractivity contribution < 1.29 is 31.7 Å². The van der Waals surface area contributed by atoms with Crippen LogP contribution in [0.1, 0.15) is 35.3 Å². The van der Waals surface area contributed by atoms with Gasteiger partial charge in [-0.3, -0.25) is 4.79 Å². The molecule has 0 aliphatic carbocycles. The number of rotatable bonds is 13. The first-order valence-corrected chi connectivity index (χ1v) is 14.4. The molecule has 0 heterocycles. The Bertz CT molecular complexity index is 1350. The van der Waals surface area contributed by atoms with E-state index >= 15 is 0 Å². The maximum absolute atomic E-state index is 13.4. The van der Waals surface area contributed by atoms with Crippen molar-refractivity contribution >= 4 is 33.8 Å². The number of esters is 1. The van der Waals surface area contributed by atoms with Crippen molar-refractivity contribution in [1.29, 1.82) is 0 Å². The van der Waals surface area contributed by atoms with E-state index in [1.54, 1.807) is 48.2 Å². The molecule has 3 aromatic carbocycles. The average molecular weight is 552 g/mol. The van der Waals surface area contributed by atoms with Gasteiger partial charge in [0.1, 0.15) is 5.75 Å². The van der Waals surface area contributed by atoms with E-state index in [1.807, 2.05) is 61.5 Å². The first-order valence-electron chi connectivity index (χ1n) is 12.6. The number of hydrogen-bond acceptors (Lipinski definition) is 7. The molecule has 0 aromatic heterocycles. The smallest absolute Gasteiger partial charge is 0.335 e. The quantitative estimate of drug-likeness (QED) is 0.220. The number of carbonyl (C=O) groups is 2. The zero-order valence-corrected chi connectivity index (χ0v) is 23.1. The Morgan fingerprint density at radius 2 is 1.56 bits per heavy atom. The van der Waals surface area contributed by atoms with Gasteiger partial charge in [0.05, 0.1) is 12.9 Å². The molecule has 39 heavy (non-hydrogen) atoms. The maximum atomic E-state index is 13.4. The van der Waals surface area contributed by atoms with Gasteiger partial charge in [-0.15, -0.1) is 0 Å². The Balaban J connectivity index is 1.79. The van der Waals surface area contributed by atoms with Crippen LogP contribution in [0.5, 0.6) is 5.75 Å². The Kier molecular flexibility index (Phi) is 10.8. The molecule has 1 unspecified atom stereocenters. The van der Waals surface area contributed by atoms with E-state index in [0.29, 0.717) is 30.8 Å². The molecular weight excluding hydrogens is 518 g/mol. The Morgan fingerprint density at radius 3 is 2.15 bits per heavy atom. The van der Waals surface area contributed by atoms with Gasteiger partial charge in [-0.25, -0.2) is 4.79 Å². The molecule has 1 amide bonds. The highest BCUT2D eigenvalue weighted by Crippen LogP contribution is 2.21. The molecule has 0 N–H and O–H groups in total. The number of hydrogen-bond donors (Lipinski definition) is 0. The van der Waals surface area contributed by atoms with Gasteiger partial charge in [0.25, 0.3) is 5.91 Å². The average Bonchev–Trinajstić information content (AvgIpc) is 2.92. The van der Waals surface area contributed by atoms with Crippen LogP contribution in [0.3, 0.4) is 0 Å². The predicted octanol–water partition coefficient (Wildman–Crippen LogP) is 4.90. The lowest BCUT2D eigenvalue weighted by molar-refractivity contribution is -0.156. The van der Waals surface area contributed by atoms with Crippen LogP contribution in [0.4, 0.5) is 5.69 Å². The summed E-state index contributed by atoms with van der Waals surface area (Å²) >= 11 is 0. The maximum Gasteiger partial charge on any atom is 0.335 e. The fourth-order valence-electron chi connectivity index (χ4n) is 3.82. The van der Waals surface area contributed by atoms with Gasteiger partial charge in [0.15, 0.2) is 6.10 Å². The molecule has 0 aliphatic rings. The van der Waals surface area contributed by atoms with E-state index in [0.717, 1.165) is 17.4 Å². The van der Waals surface area contributed by atoms with E-state index in [-0.39, 0.29) is 18.3 Å². The molecule has 0 radical (unpaired) electrons. The number of carbonyl (C=O) groups excluding carboxylic acids is 2. The number of nitrogens with zero attached hydrogens (tertiary/aromatic N) is 1. The normalized spacial score (nSPS) is 12.2. The van der Waals surface area contributed by atoms with Crippen LogP contribution in [0, 0.1) is 0 Å². The van der Waals surface area contributed by atoms with Crippen molar-refractivity contribution in [2.45, 2.75) is 26.4 Å². The number of ether oxygens (including phenoxy) is 2. The summed E-state index contributed by atoms with van der Waals surface area (Å²) in [5.41, 5.74) is 2.94. The van der Waals surface area contributed by atoms with E-state index in [1.165, 1.54) is 0 Å². The summed E-state index contributed by atoms with van der Waals surface area (Å²) in [7, 11) is -3.60. The summed E-state index contributed by atoms with van der Waals surface area (Å²) in [5.74, 6) is -0.334. The van der Waals surface area contributed by atoms with Crippen molar-refractivity contribution in [3.8, 4) is 5.75 Å². The van der Waals surface area contributed by atoms with Gasteiger partial charge in [0.2, 0.25) is 0 Å². The second-order valence-electron chi connectivity index (χ2n) is 8.61. The Labute approximate surface area is 229 Å². The highest BCUT2D eigenvalue weighted by Gasteiger charge is 2.21. The van der Waals surface area contributed by atoms with Crippen molar-refractivity contribution in [2.24, 2.45) is 0 Å². The Morgan fingerprint density at radius 1 is 0.897 bits per heavy atom. The lowest BCUT2D eigenvalue weighted by atomic mass is 10.1. The molecule has 3 rings (SSSR count). The number of anilines is 1. The van der Waals surface area contributed by atoms with Crippen molar-refractivity contribution in [1.82, 2.24) is 0 Å². The standard InChI is InChI=1S/C30H33NO7S/c1-4-36-28(30(33)37-5-2)22-24-13-17-26(18-14-24)31(29(32)25-11-7-6-8-12-25)21-9-10-23-15-19-27(20-16-23)38-39(3,34)35/h6-20,28H,4-5,21-22H2,1-3H3/b10-9+. The number of amides is 1. The van der Waals surface area contributed by atoms with Gasteiger partial charge in [-0.2, -0.15) is 8.42 Å². The van der Waals surface area contributed by atoms with Crippen molar-refractivity contribution in [3.63, 3.8) is 0 Å². The van der Waals surface area contributed by atoms with Crippen molar-refractivity contribution in [2.75, 3.05) is 30.9 Å². The van der Waals surface area contributed by atoms with E-state index in [4.69, 9.17) is 13.7 Å². The molecule has 3 aromatic rings. The van der Waals surface area contributed by atoms with E-state index in [2.05, 4.69) is 0 Å². The zero-order chi connectivity index (χ0) is 28.3. The molecular formula is C30H33NO7S. The summed E-state index contributed by atoms with van der Waals surface area (Å²) in [4.78, 5) is 27.3. The Hall–Kier alpha value is -3.95. The molecule has 0 aliphatic heterocycles. The molecule has 0 saturated carbocycles. The summed E-state index contributed by atoms with van der Waals surface area (Å²) in [5, 5.41) is 0. The van der Waals surface area contributed by atoms with Crippen LogP contribution in [-0.2, 0) is 30.8 Å². The van der Waals surface area contributed by atoms with Crippen LogP contribution in [0.25, 0.3) is 6.08 Å². The van der Waals surface area contributed by atoms with E-state index in [9.17, 15) is 18.0 Å². The molecule has 0 bridgehead atoms. The minimum Gasteiger partial charge on any atom is -0.464 e. The van der Waals surface area contributed by atoms with Gasteiger partial charge < -0.3 is 18.6 Å². The van der Waals surface area contributed by atoms with Gasteiger partial charge in [-0.05, 0) is 61.4 Å². The summed E-state index contributed by atoms with van der Waals surface area (Å²) < 4.78 is 38.2.